The summed E-state index contributed by atoms with van der Waals surface area (Å²) in [7, 11) is 0. The lowest BCUT2D eigenvalue weighted by Gasteiger charge is -2.34. The Morgan fingerprint density at radius 1 is 1.17 bits per heavy atom. The van der Waals surface area contributed by atoms with Gasteiger partial charge in [-0.1, -0.05) is 30.3 Å². The third-order valence-electron chi connectivity index (χ3n) is 4.77. The number of rotatable bonds is 4. The molecule has 2 aliphatic rings. The molecule has 2 atom stereocenters. The van der Waals surface area contributed by atoms with Gasteiger partial charge in [-0.15, -0.1) is 24.8 Å². The summed E-state index contributed by atoms with van der Waals surface area (Å²) in [6, 6.07) is 10.9. The van der Waals surface area contributed by atoms with Gasteiger partial charge < -0.3 is 10.6 Å². The maximum Gasteiger partial charge on any atom is 0.224 e. The maximum atomic E-state index is 12.4. The van der Waals surface area contributed by atoms with E-state index in [1.807, 2.05) is 0 Å². The van der Waals surface area contributed by atoms with Crippen molar-refractivity contribution in [3.05, 3.63) is 35.9 Å². The Labute approximate surface area is 157 Å². The van der Waals surface area contributed by atoms with Crippen LogP contribution in [0.25, 0.3) is 0 Å². The van der Waals surface area contributed by atoms with Crippen LogP contribution in [0.5, 0.6) is 0 Å². The lowest BCUT2D eigenvalue weighted by atomic mass is 9.97. The number of nitrogens with one attached hydrogen (secondary N) is 2. The SMILES string of the molecule is Cl.Cl.O=C(NC1CCCN(Cc2ccccc2)C1)C1CCCNC1. The number of hydrogen-bond donors (Lipinski definition) is 2. The second kappa shape index (κ2) is 10.9. The molecule has 0 spiro atoms. The smallest absolute Gasteiger partial charge is 0.224 e. The molecular formula is C18H29Cl2N3O. The van der Waals surface area contributed by atoms with Gasteiger partial charge in [-0.2, -0.15) is 0 Å². The zero-order chi connectivity index (χ0) is 15.2. The summed E-state index contributed by atoms with van der Waals surface area (Å²) in [5.74, 6) is 0.414. The average Bonchev–Trinajstić information content (AvgIpc) is 2.57. The van der Waals surface area contributed by atoms with Gasteiger partial charge in [-0.05, 0) is 44.3 Å². The summed E-state index contributed by atoms with van der Waals surface area (Å²) in [6.07, 6.45) is 4.42. The Morgan fingerprint density at radius 3 is 2.67 bits per heavy atom. The summed E-state index contributed by atoms with van der Waals surface area (Å²) in [5.41, 5.74) is 1.35. The zero-order valence-corrected chi connectivity index (χ0v) is 15.7. The number of amides is 1. The molecule has 1 amide bonds. The molecule has 0 aromatic heterocycles. The molecule has 2 fully saturated rings. The molecule has 6 heteroatoms. The van der Waals surface area contributed by atoms with Gasteiger partial charge in [-0.3, -0.25) is 9.69 Å². The van der Waals surface area contributed by atoms with Crippen LogP contribution in [0.2, 0.25) is 0 Å². The Bertz CT molecular complexity index is 480. The number of halogens is 2. The van der Waals surface area contributed by atoms with Crippen molar-refractivity contribution in [2.45, 2.75) is 38.3 Å². The molecule has 2 saturated heterocycles. The normalized spacial score (nSPS) is 24.3. The van der Waals surface area contributed by atoms with Crippen molar-refractivity contribution < 1.29 is 4.79 Å². The second-order valence-electron chi connectivity index (χ2n) is 6.61. The van der Waals surface area contributed by atoms with Gasteiger partial charge in [-0.25, -0.2) is 0 Å². The van der Waals surface area contributed by atoms with E-state index in [1.54, 1.807) is 0 Å². The summed E-state index contributed by atoms with van der Waals surface area (Å²) in [5, 5.41) is 6.61. The molecule has 1 aromatic rings. The predicted octanol–water partition coefficient (Wildman–Crippen LogP) is 2.61. The number of hydrogen-bond acceptors (Lipinski definition) is 3. The molecule has 2 aliphatic heterocycles. The molecule has 4 nitrogen and oxygen atoms in total. The topological polar surface area (TPSA) is 44.4 Å². The van der Waals surface area contributed by atoms with Crippen LogP contribution in [0.1, 0.15) is 31.2 Å². The number of carbonyl (C=O) groups excluding carboxylic acids is 1. The molecule has 0 radical (unpaired) electrons. The average molecular weight is 374 g/mol. The second-order valence-corrected chi connectivity index (χ2v) is 6.61. The minimum absolute atomic E-state index is 0. The predicted molar refractivity (Wildman–Crippen MR) is 103 cm³/mol. The van der Waals surface area contributed by atoms with Crippen LogP contribution < -0.4 is 10.6 Å². The zero-order valence-electron chi connectivity index (χ0n) is 14.1. The standard InChI is InChI=1S/C18H27N3O.2ClH/c22-18(16-8-4-10-19-12-16)20-17-9-5-11-21(14-17)13-15-6-2-1-3-7-15;;/h1-3,6-7,16-17,19H,4-5,8-14H2,(H,20,22);2*1H. The van der Waals surface area contributed by atoms with Crippen LogP contribution in [0, 0.1) is 5.92 Å². The Balaban J connectivity index is 0.00000144. The summed E-state index contributed by atoms with van der Waals surface area (Å²) < 4.78 is 0. The Hall–Kier alpha value is -0.810. The van der Waals surface area contributed by atoms with Crippen molar-refractivity contribution in [1.29, 1.82) is 0 Å². The van der Waals surface area contributed by atoms with Crippen LogP contribution in [-0.2, 0) is 11.3 Å². The summed E-state index contributed by atoms with van der Waals surface area (Å²) >= 11 is 0. The van der Waals surface area contributed by atoms with E-state index in [0.717, 1.165) is 52.0 Å². The molecule has 1 aromatic carbocycles. The number of nitrogens with zero attached hydrogens (tertiary/aromatic N) is 1. The quantitative estimate of drug-likeness (QED) is 0.852. The van der Waals surface area contributed by atoms with E-state index in [4.69, 9.17) is 0 Å². The van der Waals surface area contributed by atoms with Gasteiger partial charge in [0.2, 0.25) is 5.91 Å². The van der Waals surface area contributed by atoms with E-state index >= 15 is 0 Å². The first-order valence-electron chi connectivity index (χ1n) is 8.58. The molecule has 0 aliphatic carbocycles. The minimum atomic E-state index is 0. The first kappa shape index (κ1) is 21.2. The first-order chi connectivity index (χ1) is 10.8. The maximum absolute atomic E-state index is 12.4. The van der Waals surface area contributed by atoms with E-state index in [2.05, 4.69) is 45.9 Å². The lowest BCUT2D eigenvalue weighted by Crippen LogP contribution is -2.50. The van der Waals surface area contributed by atoms with Gasteiger partial charge in [0.25, 0.3) is 0 Å². The first-order valence-corrected chi connectivity index (χ1v) is 8.58. The number of likely N-dealkylation sites (tertiary alicyclic amines) is 1. The fourth-order valence-electron chi connectivity index (χ4n) is 3.55. The highest BCUT2D eigenvalue weighted by Gasteiger charge is 2.26. The van der Waals surface area contributed by atoms with E-state index in [0.29, 0.717) is 6.04 Å². The van der Waals surface area contributed by atoms with Crippen molar-refractivity contribution in [1.82, 2.24) is 15.5 Å². The van der Waals surface area contributed by atoms with Crippen molar-refractivity contribution in [2.24, 2.45) is 5.92 Å². The number of piperidine rings is 2. The largest absolute Gasteiger partial charge is 0.352 e. The fourth-order valence-corrected chi connectivity index (χ4v) is 3.55. The summed E-state index contributed by atoms with van der Waals surface area (Å²) in [4.78, 5) is 14.8. The van der Waals surface area contributed by atoms with Gasteiger partial charge >= 0.3 is 0 Å². The van der Waals surface area contributed by atoms with Crippen LogP contribution >= 0.6 is 24.8 Å². The van der Waals surface area contributed by atoms with Gasteiger partial charge in [0.1, 0.15) is 0 Å². The molecular weight excluding hydrogens is 345 g/mol. The molecule has 2 heterocycles. The van der Waals surface area contributed by atoms with Crippen molar-refractivity contribution >= 4 is 30.7 Å². The molecule has 0 saturated carbocycles. The summed E-state index contributed by atoms with van der Waals surface area (Å²) in [6.45, 7) is 4.98. The highest BCUT2D eigenvalue weighted by molar-refractivity contribution is 5.85. The Kier molecular flexibility index (Phi) is 9.67. The molecule has 136 valence electrons. The fraction of sp³-hybridized carbons (Fsp3) is 0.611. The van der Waals surface area contributed by atoms with E-state index < -0.39 is 0 Å². The third kappa shape index (κ3) is 6.25. The van der Waals surface area contributed by atoms with Crippen LogP contribution in [0.3, 0.4) is 0 Å². The number of benzene rings is 1. The van der Waals surface area contributed by atoms with Crippen LogP contribution in [-0.4, -0.2) is 43.0 Å². The third-order valence-corrected chi connectivity index (χ3v) is 4.77. The van der Waals surface area contributed by atoms with Crippen LogP contribution in [0.15, 0.2) is 30.3 Å². The number of carbonyl (C=O) groups is 1. The van der Waals surface area contributed by atoms with Gasteiger partial charge in [0.05, 0.1) is 5.92 Å². The van der Waals surface area contributed by atoms with E-state index in [9.17, 15) is 4.79 Å². The molecule has 24 heavy (non-hydrogen) atoms. The highest BCUT2D eigenvalue weighted by Crippen LogP contribution is 2.16. The van der Waals surface area contributed by atoms with Crippen molar-refractivity contribution in [2.75, 3.05) is 26.2 Å². The lowest BCUT2D eigenvalue weighted by molar-refractivity contribution is -0.126. The van der Waals surface area contributed by atoms with Crippen LogP contribution in [0.4, 0.5) is 0 Å². The molecule has 0 bridgehead atoms. The van der Waals surface area contributed by atoms with Gasteiger partial charge in [0.15, 0.2) is 0 Å². The highest BCUT2D eigenvalue weighted by atomic mass is 35.5. The van der Waals surface area contributed by atoms with Gasteiger partial charge in [0, 0.05) is 25.7 Å². The van der Waals surface area contributed by atoms with E-state index in [1.165, 1.54) is 12.0 Å². The molecule has 3 rings (SSSR count). The van der Waals surface area contributed by atoms with Crippen molar-refractivity contribution in [3.8, 4) is 0 Å². The molecule has 2 N–H and O–H groups in total. The minimum Gasteiger partial charge on any atom is -0.352 e. The van der Waals surface area contributed by atoms with E-state index in [-0.39, 0.29) is 36.6 Å². The Morgan fingerprint density at radius 2 is 1.96 bits per heavy atom. The van der Waals surface area contributed by atoms with Crippen molar-refractivity contribution in [3.63, 3.8) is 0 Å². The monoisotopic (exact) mass is 373 g/mol. The molecule has 2 unspecified atom stereocenters.